The highest BCUT2D eigenvalue weighted by molar-refractivity contribution is 7.89. The van der Waals surface area contributed by atoms with Gasteiger partial charge < -0.3 is 16.0 Å². The van der Waals surface area contributed by atoms with E-state index in [1.165, 1.54) is 15.6 Å². The van der Waals surface area contributed by atoms with E-state index < -0.39 is 22.0 Å². The van der Waals surface area contributed by atoms with Crippen LogP contribution in [0.4, 0.5) is 5.13 Å². The monoisotopic (exact) mass is 411 g/mol. The van der Waals surface area contributed by atoms with Crippen LogP contribution in [0.5, 0.6) is 0 Å². The molecule has 9 nitrogen and oxygen atoms in total. The van der Waals surface area contributed by atoms with Gasteiger partial charge in [-0.15, -0.1) is 11.3 Å². The van der Waals surface area contributed by atoms with Gasteiger partial charge in [-0.25, -0.2) is 13.4 Å². The topological polar surface area (TPSA) is 138 Å². The lowest BCUT2D eigenvalue weighted by Gasteiger charge is -2.22. The molecule has 0 aliphatic carbocycles. The van der Waals surface area contributed by atoms with Crippen molar-refractivity contribution in [2.24, 2.45) is 5.73 Å². The molecule has 11 heteroatoms. The molecule has 3 heterocycles. The van der Waals surface area contributed by atoms with Gasteiger partial charge in [0.25, 0.3) is 5.91 Å². The average molecular weight is 412 g/mol. The van der Waals surface area contributed by atoms with Crippen LogP contribution < -0.4 is 11.1 Å². The summed E-state index contributed by atoms with van der Waals surface area (Å²) < 4.78 is 26.0. The Hall–Kier alpha value is -2.24. The molecule has 1 aliphatic rings. The van der Waals surface area contributed by atoms with Gasteiger partial charge in [-0.2, -0.15) is 4.31 Å². The number of carbonyl (C=O) groups excluding carboxylic acids is 2. The maximum Gasteiger partial charge on any atom is 0.265 e. The number of primary amides is 1. The summed E-state index contributed by atoms with van der Waals surface area (Å²) in [6, 6.07) is 0.876. The second-order valence-corrected chi connectivity index (χ2v) is 9.18. The Balaban J connectivity index is 1.71. The van der Waals surface area contributed by atoms with Crippen molar-refractivity contribution in [2.75, 3.05) is 17.6 Å². The molecule has 1 unspecified atom stereocenters. The smallest absolute Gasteiger partial charge is 0.265 e. The molecular weight excluding hydrogens is 390 g/mol. The van der Waals surface area contributed by atoms with E-state index in [0.29, 0.717) is 42.2 Å². The van der Waals surface area contributed by atoms with E-state index in [-0.39, 0.29) is 17.4 Å². The van der Waals surface area contributed by atoms with Crippen LogP contribution in [-0.4, -0.2) is 52.8 Å². The summed E-state index contributed by atoms with van der Waals surface area (Å²) in [4.78, 5) is 30.9. The van der Waals surface area contributed by atoms with Crippen molar-refractivity contribution in [3.8, 4) is 11.3 Å². The number of rotatable bonds is 7. The van der Waals surface area contributed by atoms with Gasteiger partial charge in [-0.05, 0) is 25.3 Å². The van der Waals surface area contributed by atoms with Crippen LogP contribution in [0.2, 0.25) is 0 Å². The minimum atomic E-state index is -3.43. The minimum absolute atomic E-state index is 0.0356. The molecule has 4 N–H and O–H groups in total. The molecule has 27 heavy (non-hydrogen) atoms. The Labute approximate surface area is 161 Å². The number of hydrogen-bond acceptors (Lipinski definition) is 6. The van der Waals surface area contributed by atoms with Crippen molar-refractivity contribution < 1.29 is 18.0 Å². The second kappa shape index (κ2) is 7.79. The Morgan fingerprint density at radius 2 is 2.26 bits per heavy atom. The molecule has 1 saturated heterocycles. The van der Waals surface area contributed by atoms with Crippen LogP contribution >= 0.6 is 11.3 Å². The van der Waals surface area contributed by atoms with Gasteiger partial charge in [0.1, 0.15) is 11.7 Å². The van der Waals surface area contributed by atoms with Crippen LogP contribution in [0.25, 0.3) is 11.3 Å². The van der Waals surface area contributed by atoms with E-state index in [2.05, 4.69) is 15.3 Å². The van der Waals surface area contributed by atoms with Crippen LogP contribution in [0.1, 0.15) is 36.7 Å². The van der Waals surface area contributed by atoms with Gasteiger partial charge in [0, 0.05) is 23.7 Å². The number of nitrogens with zero attached hydrogens (tertiary/aromatic N) is 2. The molecule has 0 aromatic carbocycles. The van der Waals surface area contributed by atoms with E-state index in [1.807, 2.05) is 0 Å². The van der Waals surface area contributed by atoms with Crippen molar-refractivity contribution in [3.05, 3.63) is 23.3 Å². The molecule has 0 bridgehead atoms. The highest BCUT2D eigenvalue weighted by atomic mass is 32.2. The van der Waals surface area contributed by atoms with Gasteiger partial charge in [0.2, 0.25) is 15.9 Å². The van der Waals surface area contributed by atoms with Gasteiger partial charge in [-0.1, -0.05) is 6.92 Å². The number of aromatic amines is 1. The first-order valence-electron chi connectivity index (χ1n) is 8.56. The SMILES string of the molecule is CCCS(=O)(=O)N1CCCC1C(=O)Nc1nc(-c2c[nH]c(C(N)=O)c2)cs1. The van der Waals surface area contributed by atoms with Gasteiger partial charge in [0.15, 0.2) is 5.13 Å². The summed E-state index contributed by atoms with van der Waals surface area (Å²) in [5.74, 6) is -0.909. The molecule has 146 valence electrons. The van der Waals surface area contributed by atoms with E-state index in [0.717, 1.165) is 0 Å². The number of amides is 2. The molecule has 2 aromatic rings. The highest BCUT2D eigenvalue weighted by Gasteiger charge is 2.38. The number of hydrogen-bond donors (Lipinski definition) is 3. The second-order valence-electron chi connectivity index (χ2n) is 6.28. The molecule has 0 spiro atoms. The van der Waals surface area contributed by atoms with Gasteiger partial charge in [-0.3, -0.25) is 9.59 Å². The van der Waals surface area contributed by atoms with Gasteiger partial charge >= 0.3 is 0 Å². The van der Waals surface area contributed by atoms with E-state index in [9.17, 15) is 18.0 Å². The zero-order chi connectivity index (χ0) is 19.6. The minimum Gasteiger partial charge on any atom is -0.364 e. The summed E-state index contributed by atoms with van der Waals surface area (Å²) in [6.45, 7) is 2.16. The maximum atomic E-state index is 12.6. The fourth-order valence-electron chi connectivity index (χ4n) is 3.05. The summed E-state index contributed by atoms with van der Waals surface area (Å²) in [7, 11) is -3.43. The fourth-order valence-corrected chi connectivity index (χ4v) is 5.52. The zero-order valence-corrected chi connectivity index (χ0v) is 16.4. The number of thiazole rings is 1. The number of nitrogens with one attached hydrogen (secondary N) is 2. The summed E-state index contributed by atoms with van der Waals surface area (Å²) in [5, 5.41) is 4.82. The third-order valence-corrected chi connectivity index (χ3v) is 7.14. The molecule has 1 aliphatic heterocycles. The lowest BCUT2D eigenvalue weighted by molar-refractivity contribution is -0.119. The quantitative estimate of drug-likeness (QED) is 0.632. The lowest BCUT2D eigenvalue weighted by Crippen LogP contribution is -2.44. The Bertz CT molecular complexity index is 950. The Morgan fingerprint density at radius 3 is 2.93 bits per heavy atom. The first-order chi connectivity index (χ1) is 12.8. The Morgan fingerprint density at radius 1 is 1.48 bits per heavy atom. The molecule has 2 amide bonds. The molecule has 0 radical (unpaired) electrons. The molecule has 1 fully saturated rings. The van der Waals surface area contributed by atoms with E-state index >= 15 is 0 Å². The summed E-state index contributed by atoms with van der Waals surface area (Å²) >= 11 is 1.23. The highest BCUT2D eigenvalue weighted by Crippen LogP contribution is 2.27. The first-order valence-corrected chi connectivity index (χ1v) is 11.0. The zero-order valence-electron chi connectivity index (χ0n) is 14.8. The first kappa shape index (κ1) is 19.5. The number of nitrogens with two attached hydrogens (primary N) is 1. The number of carbonyl (C=O) groups is 2. The third kappa shape index (κ3) is 4.20. The van der Waals surface area contributed by atoms with Crippen molar-refractivity contribution >= 4 is 38.3 Å². The predicted molar refractivity (Wildman–Crippen MR) is 103 cm³/mol. The van der Waals surface area contributed by atoms with Crippen molar-refractivity contribution in [1.82, 2.24) is 14.3 Å². The van der Waals surface area contributed by atoms with Crippen LogP contribution in [0.15, 0.2) is 17.6 Å². The normalized spacial score (nSPS) is 17.9. The van der Waals surface area contributed by atoms with Crippen LogP contribution in [0, 0.1) is 0 Å². The fraction of sp³-hybridized carbons (Fsp3) is 0.438. The van der Waals surface area contributed by atoms with E-state index in [1.54, 1.807) is 24.6 Å². The van der Waals surface area contributed by atoms with Crippen molar-refractivity contribution in [1.29, 1.82) is 0 Å². The molecule has 1 atom stereocenters. The Kier molecular flexibility index (Phi) is 5.63. The largest absolute Gasteiger partial charge is 0.364 e. The number of sulfonamides is 1. The lowest BCUT2D eigenvalue weighted by atomic mass is 10.2. The molecule has 0 saturated carbocycles. The van der Waals surface area contributed by atoms with Crippen LogP contribution in [-0.2, 0) is 14.8 Å². The summed E-state index contributed by atoms with van der Waals surface area (Å²) in [5.41, 5.74) is 6.75. The van der Waals surface area contributed by atoms with E-state index in [4.69, 9.17) is 5.73 Å². The van der Waals surface area contributed by atoms with Gasteiger partial charge in [0.05, 0.1) is 11.4 Å². The number of aromatic nitrogens is 2. The summed E-state index contributed by atoms with van der Waals surface area (Å²) in [6.07, 6.45) is 3.26. The van der Waals surface area contributed by atoms with Crippen molar-refractivity contribution in [2.45, 2.75) is 32.2 Å². The molecular formula is C16H21N5O4S2. The molecule has 3 rings (SSSR count). The van der Waals surface area contributed by atoms with Crippen molar-refractivity contribution in [3.63, 3.8) is 0 Å². The number of H-pyrrole nitrogens is 1. The predicted octanol–water partition coefficient (Wildman–Crippen LogP) is 1.38. The third-order valence-electron chi connectivity index (χ3n) is 4.30. The number of anilines is 1. The standard InChI is InChI=1S/C16H21N5O4S2/c1-2-6-27(24,25)21-5-3-4-13(21)15(23)20-16-19-12(9-26-16)10-7-11(14(17)22)18-8-10/h7-9,13,18H,2-6H2,1H3,(H2,17,22)(H,19,20,23). The van der Waals surface area contributed by atoms with Crippen LogP contribution in [0.3, 0.4) is 0 Å². The maximum absolute atomic E-state index is 12.6. The molecule has 2 aromatic heterocycles. The average Bonchev–Trinajstić information content (AvgIpc) is 3.34.